The molecule has 4 nitrogen and oxygen atoms in total. The van der Waals surface area contributed by atoms with Gasteiger partial charge in [0.25, 0.3) is 0 Å². The Morgan fingerprint density at radius 3 is 2.80 bits per heavy atom. The maximum Gasteiger partial charge on any atom is 0.124 e. The number of rotatable bonds is 4. The van der Waals surface area contributed by atoms with E-state index in [1.165, 1.54) is 34.4 Å². The molecule has 3 heterocycles. The van der Waals surface area contributed by atoms with Gasteiger partial charge < -0.3 is 11.1 Å². The Morgan fingerprint density at radius 2 is 2.04 bits per heavy atom. The molecule has 5 heteroatoms. The Bertz CT molecular complexity index is 839. The Hall–Kier alpha value is -2.24. The minimum Gasteiger partial charge on any atom is -0.384 e. The van der Waals surface area contributed by atoms with Crippen molar-refractivity contribution < 1.29 is 0 Å². The topological polar surface area (TPSA) is 63.8 Å². The molecule has 3 N–H and O–H groups in total. The summed E-state index contributed by atoms with van der Waals surface area (Å²) >= 11 is 1.70. The second-order valence-corrected chi connectivity index (χ2v) is 7.50. The zero-order valence-corrected chi connectivity index (χ0v) is 14.9. The standard InChI is InChI=1S/C20H22N4S/c21-20-3-1-2-19(24-20)18-5-4-15(14-6-8-22-9-7-14)10-16(18)11-17-12-23-13-25-17/h1-5,10,12-14,22H,6-9,11H2,(H2,21,24). The molecule has 4 rings (SSSR count). The molecule has 3 aromatic rings. The SMILES string of the molecule is Nc1cccc(-c2ccc(C3CCNCC3)cc2Cc2cncs2)n1. The third kappa shape index (κ3) is 3.72. The van der Waals surface area contributed by atoms with Crippen LogP contribution in [0.25, 0.3) is 11.3 Å². The molecular formula is C20H22N4S. The largest absolute Gasteiger partial charge is 0.384 e. The summed E-state index contributed by atoms with van der Waals surface area (Å²) in [4.78, 5) is 10.0. The van der Waals surface area contributed by atoms with Crippen LogP contribution in [0, 0.1) is 0 Å². The maximum atomic E-state index is 5.90. The van der Waals surface area contributed by atoms with E-state index in [4.69, 9.17) is 5.73 Å². The summed E-state index contributed by atoms with van der Waals surface area (Å²) < 4.78 is 0. The van der Waals surface area contributed by atoms with E-state index in [9.17, 15) is 0 Å². The van der Waals surface area contributed by atoms with Gasteiger partial charge in [0.1, 0.15) is 5.82 Å². The monoisotopic (exact) mass is 350 g/mol. The molecule has 1 saturated heterocycles. The molecule has 1 aromatic carbocycles. The van der Waals surface area contributed by atoms with Gasteiger partial charge in [-0.3, -0.25) is 4.98 Å². The summed E-state index contributed by atoms with van der Waals surface area (Å²) in [6.45, 7) is 2.21. The molecule has 2 aromatic heterocycles. The lowest BCUT2D eigenvalue weighted by Crippen LogP contribution is -2.26. The summed E-state index contributed by atoms with van der Waals surface area (Å²) in [7, 11) is 0. The third-order valence-corrected chi connectivity index (χ3v) is 5.61. The van der Waals surface area contributed by atoms with Gasteiger partial charge in [-0.05, 0) is 55.1 Å². The summed E-state index contributed by atoms with van der Waals surface area (Å²) in [5, 5.41) is 3.45. The van der Waals surface area contributed by atoms with Crippen LogP contribution in [0.2, 0.25) is 0 Å². The predicted octanol–water partition coefficient (Wildman–Crippen LogP) is 3.85. The molecule has 0 aliphatic carbocycles. The lowest BCUT2D eigenvalue weighted by Gasteiger charge is -2.24. The Labute approximate surface area is 152 Å². The summed E-state index contributed by atoms with van der Waals surface area (Å²) in [5.41, 5.74) is 12.6. The van der Waals surface area contributed by atoms with Gasteiger partial charge in [0.15, 0.2) is 0 Å². The molecule has 25 heavy (non-hydrogen) atoms. The smallest absolute Gasteiger partial charge is 0.124 e. The quantitative estimate of drug-likeness (QED) is 0.750. The van der Waals surface area contributed by atoms with Crippen LogP contribution >= 0.6 is 11.3 Å². The van der Waals surface area contributed by atoms with Crippen molar-refractivity contribution in [2.75, 3.05) is 18.8 Å². The molecule has 128 valence electrons. The molecule has 0 atom stereocenters. The van der Waals surface area contributed by atoms with Crippen molar-refractivity contribution in [1.82, 2.24) is 15.3 Å². The second-order valence-electron chi connectivity index (χ2n) is 6.53. The molecule has 1 aliphatic rings. The highest BCUT2D eigenvalue weighted by Gasteiger charge is 2.17. The first-order chi connectivity index (χ1) is 12.3. The zero-order chi connectivity index (χ0) is 17.1. The molecule has 0 amide bonds. The highest BCUT2D eigenvalue weighted by atomic mass is 32.1. The van der Waals surface area contributed by atoms with E-state index in [2.05, 4.69) is 33.5 Å². The first-order valence-corrected chi connectivity index (χ1v) is 9.61. The fraction of sp³-hybridized carbons (Fsp3) is 0.300. The number of aromatic nitrogens is 2. The first-order valence-electron chi connectivity index (χ1n) is 8.73. The van der Waals surface area contributed by atoms with Crippen LogP contribution < -0.4 is 11.1 Å². The molecular weight excluding hydrogens is 328 g/mol. The minimum atomic E-state index is 0.559. The van der Waals surface area contributed by atoms with E-state index >= 15 is 0 Å². The molecule has 0 unspecified atom stereocenters. The van der Waals surface area contributed by atoms with E-state index in [0.717, 1.165) is 25.2 Å². The molecule has 0 saturated carbocycles. The summed E-state index contributed by atoms with van der Waals surface area (Å²) in [6.07, 6.45) is 5.25. The average Bonchev–Trinajstić information content (AvgIpc) is 3.15. The average molecular weight is 350 g/mol. The van der Waals surface area contributed by atoms with Crippen molar-refractivity contribution in [2.45, 2.75) is 25.2 Å². The van der Waals surface area contributed by atoms with Crippen LogP contribution in [-0.4, -0.2) is 23.1 Å². The van der Waals surface area contributed by atoms with Crippen molar-refractivity contribution in [3.8, 4) is 11.3 Å². The number of anilines is 1. The van der Waals surface area contributed by atoms with Crippen molar-refractivity contribution in [1.29, 1.82) is 0 Å². The zero-order valence-electron chi connectivity index (χ0n) is 14.1. The highest BCUT2D eigenvalue weighted by Crippen LogP contribution is 2.32. The molecule has 1 aliphatic heterocycles. The number of benzene rings is 1. The van der Waals surface area contributed by atoms with Crippen LogP contribution in [0.3, 0.4) is 0 Å². The van der Waals surface area contributed by atoms with Crippen molar-refractivity contribution in [2.24, 2.45) is 0 Å². The van der Waals surface area contributed by atoms with E-state index in [1.807, 2.05) is 29.9 Å². The van der Waals surface area contributed by atoms with E-state index in [0.29, 0.717) is 11.7 Å². The predicted molar refractivity (Wildman–Crippen MR) is 104 cm³/mol. The Morgan fingerprint density at radius 1 is 1.16 bits per heavy atom. The number of pyridine rings is 1. The minimum absolute atomic E-state index is 0.559. The van der Waals surface area contributed by atoms with Crippen LogP contribution in [0.5, 0.6) is 0 Å². The van der Waals surface area contributed by atoms with Gasteiger partial charge in [0.2, 0.25) is 0 Å². The number of nitrogens with zero attached hydrogens (tertiary/aromatic N) is 2. The van der Waals surface area contributed by atoms with Crippen molar-refractivity contribution in [3.05, 3.63) is 64.1 Å². The molecule has 0 bridgehead atoms. The third-order valence-electron chi connectivity index (χ3n) is 4.83. The van der Waals surface area contributed by atoms with Gasteiger partial charge in [0, 0.05) is 23.1 Å². The number of hydrogen-bond acceptors (Lipinski definition) is 5. The lowest BCUT2D eigenvalue weighted by molar-refractivity contribution is 0.460. The van der Waals surface area contributed by atoms with E-state index in [1.54, 1.807) is 11.3 Å². The van der Waals surface area contributed by atoms with Crippen LogP contribution in [0.15, 0.2) is 48.1 Å². The van der Waals surface area contributed by atoms with Crippen LogP contribution in [-0.2, 0) is 6.42 Å². The Balaban J connectivity index is 1.74. The first kappa shape index (κ1) is 16.2. The summed E-state index contributed by atoms with van der Waals surface area (Å²) in [5.74, 6) is 1.20. The van der Waals surface area contributed by atoms with E-state index < -0.39 is 0 Å². The number of thiazole rings is 1. The van der Waals surface area contributed by atoms with Crippen molar-refractivity contribution >= 4 is 17.2 Å². The van der Waals surface area contributed by atoms with Gasteiger partial charge >= 0.3 is 0 Å². The normalized spacial score (nSPS) is 15.4. The summed E-state index contributed by atoms with van der Waals surface area (Å²) in [6, 6.07) is 12.7. The van der Waals surface area contributed by atoms with Gasteiger partial charge in [-0.15, -0.1) is 11.3 Å². The molecule has 0 radical (unpaired) electrons. The molecule has 1 fully saturated rings. The van der Waals surface area contributed by atoms with Gasteiger partial charge in [0.05, 0.1) is 11.2 Å². The molecule has 0 spiro atoms. The highest BCUT2D eigenvalue weighted by molar-refractivity contribution is 7.09. The number of nitrogen functional groups attached to an aromatic ring is 1. The fourth-order valence-electron chi connectivity index (χ4n) is 3.54. The van der Waals surface area contributed by atoms with Gasteiger partial charge in [-0.25, -0.2) is 4.98 Å². The number of nitrogens with one attached hydrogen (secondary N) is 1. The number of hydrogen-bond donors (Lipinski definition) is 2. The number of nitrogens with two attached hydrogens (primary N) is 1. The van der Waals surface area contributed by atoms with Crippen molar-refractivity contribution in [3.63, 3.8) is 0 Å². The second kappa shape index (κ2) is 7.33. The van der Waals surface area contributed by atoms with Crippen LogP contribution in [0.1, 0.15) is 34.8 Å². The van der Waals surface area contributed by atoms with Gasteiger partial charge in [-0.1, -0.05) is 24.3 Å². The van der Waals surface area contributed by atoms with Crippen LogP contribution in [0.4, 0.5) is 5.82 Å². The maximum absolute atomic E-state index is 5.90. The number of piperidine rings is 1. The lowest BCUT2D eigenvalue weighted by atomic mass is 9.87. The van der Waals surface area contributed by atoms with E-state index in [-0.39, 0.29) is 0 Å². The Kier molecular flexibility index (Phi) is 4.76. The van der Waals surface area contributed by atoms with Gasteiger partial charge in [-0.2, -0.15) is 0 Å². The fourth-order valence-corrected chi connectivity index (χ4v) is 4.16.